The lowest BCUT2D eigenvalue weighted by Gasteiger charge is -2.16. The molecule has 0 saturated carbocycles. The Morgan fingerprint density at radius 1 is 1.04 bits per heavy atom. The minimum absolute atomic E-state index is 0.0695. The van der Waals surface area contributed by atoms with E-state index in [1.54, 1.807) is 24.3 Å². The lowest BCUT2D eigenvalue weighted by molar-refractivity contribution is -0.885. The lowest BCUT2D eigenvalue weighted by Crippen LogP contribution is -3.08. The summed E-state index contributed by atoms with van der Waals surface area (Å²) in [5.74, 6) is -0.433. The van der Waals surface area contributed by atoms with Gasteiger partial charge in [0.25, 0.3) is 5.91 Å². The van der Waals surface area contributed by atoms with Crippen molar-refractivity contribution in [1.29, 1.82) is 0 Å². The van der Waals surface area contributed by atoms with Crippen molar-refractivity contribution in [3.8, 4) is 0 Å². The third kappa shape index (κ3) is 6.70. The van der Waals surface area contributed by atoms with Gasteiger partial charge < -0.3 is 19.9 Å². The molecule has 2 aromatic rings. The van der Waals surface area contributed by atoms with Gasteiger partial charge in [-0.25, -0.2) is 4.79 Å². The number of hydrogen-bond donors (Lipinski definition) is 2. The van der Waals surface area contributed by atoms with Crippen molar-refractivity contribution in [2.75, 3.05) is 37.9 Å². The summed E-state index contributed by atoms with van der Waals surface area (Å²) in [5, 5.41) is 2.87. The van der Waals surface area contributed by atoms with Gasteiger partial charge in [0.15, 0.2) is 6.54 Å². The summed E-state index contributed by atoms with van der Waals surface area (Å²) in [6.45, 7) is 4.73. The summed E-state index contributed by atoms with van der Waals surface area (Å²) >= 11 is 0. The molecule has 2 aromatic carbocycles. The van der Waals surface area contributed by atoms with Gasteiger partial charge >= 0.3 is 5.97 Å². The zero-order valence-electron chi connectivity index (χ0n) is 17.3. The Morgan fingerprint density at radius 2 is 1.64 bits per heavy atom. The minimum atomic E-state index is -0.364. The fourth-order valence-corrected chi connectivity index (χ4v) is 2.77. The van der Waals surface area contributed by atoms with Crippen LogP contribution in [0.3, 0.4) is 0 Å². The molecule has 0 aromatic heterocycles. The number of carbonyl (C=O) groups excluding carboxylic acids is 2. The highest BCUT2D eigenvalue weighted by atomic mass is 16.5. The number of nitrogens with one attached hydrogen (secondary N) is 2. The maximum atomic E-state index is 12.3. The molecule has 0 bridgehead atoms. The number of quaternary nitrogens is 1. The third-order valence-electron chi connectivity index (χ3n) is 4.17. The molecule has 0 heterocycles. The average Bonchev–Trinajstić information content (AvgIpc) is 2.61. The van der Waals surface area contributed by atoms with Gasteiger partial charge in [0, 0.05) is 31.0 Å². The first-order valence-corrected chi connectivity index (χ1v) is 9.43. The number of esters is 1. The Bertz CT molecular complexity index is 784. The molecule has 1 unspecified atom stereocenters. The number of ether oxygens (including phenoxy) is 1. The van der Waals surface area contributed by atoms with Crippen LogP contribution in [0.4, 0.5) is 11.4 Å². The van der Waals surface area contributed by atoms with Gasteiger partial charge in [0.1, 0.15) is 6.54 Å². The van der Waals surface area contributed by atoms with Gasteiger partial charge in [-0.1, -0.05) is 12.1 Å². The molecule has 0 aliphatic carbocycles. The highest BCUT2D eigenvalue weighted by Crippen LogP contribution is 2.12. The summed E-state index contributed by atoms with van der Waals surface area (Å²) in [7, 11) is 6.01. The predicted molar refractivity (Wildman–Crippen MR) is 112 cm³/mol. The van der Waals surface area contributed by atoms with Crippen LogP contribution in [0.15, 0.2) is 48.5 Å². The summed E-state index contributed by atoms with van der Waals surface area (Å²) in [6, 6.07) is 15.1. The average molecular weight is 385 g/mol. The summed E-state index contributed by atoms with van der Waals surface area (Å²) < 4.78 is 5.15. The lowest BCUT2D eigenvalue weighted by atomic mass is 10.2. The predicted octanol–water partition coefficient (Wildman–Crippen LogP) is 1.97. The van der Waals surface area contributed by atoms with E-state index in [0.717, 1.165) is 17.1 Å². The number of hydrogen-bond acceptors (Lipinski definition) is 4. The SMILES string of the molecule is CC(C)OC(=O)c1ccc(NC(=O)C[NH+](C)Cc2ccc(N(C)C)cc2)cc1. The van der Waals surface area contributed by atoms with Gasteiger partial charge in [0.05, 0.1) is 18.7 Å². The van der Waals surface area contributed by atoms with E-state index < -0.39 is 0 Å². The second-order valence-corrected chi connectivity index (χ2v) is 7.45. The van der Waals surface area contributed by atoms with E-state index in [9.17, 15) is 9.59 Å². The molecule has 6 nitrogen and oxygen atoms in total. The van der Waals surface area contributed by atoms with Gasteiger partial charge in [0.2, 0.25) is 0 Å². The maximum absolute atomic E-state index is 12.3. The second kappa shape index (κ2) is 9.90. The van der Waals surface area contributed by atoms with Crippen molar-refractivity contribution in [2.45, 2.75) is 26.5 Å². The summed E-state index contributed by atoms with van der Waals surface area (Å²) in [5.41, 5.74) is 3.47. The van der Waals surface area contributed by atoms with Crippen molar-refractivity contribution in [2.24, 2.45) is 0 Å². The van der Waals surface area contributed by atoms with Crippen molar-refractivity contribution >= 4 is 23.3 Å². The third-order valence-corrected chi connectivity index (χ3v) is 4.17. The first-order chi connectivity index (χ1) is 13.2. The molecular formula is C22H30N3O3+. The van der Waals surface area contributed by atoms with Crippen LogP contribution in [0.2, 0.25) is 0 Å². The topological polar surface area (TPSA) is 63.1 Å². The first-order valence-electron chi connectivity index (χ1n) is 9.43. The Labute approximate surface area is 167 Å². The Kier molecular flexibility index (Phi) is 7.58. The fraction of sp³-hybridized carbons (Fsp3) is 0.364. The second-order valence-electron chi connectivity index (χ2n) is 7.45. The molecule has 1 atom stereocenters. The molecule has 1 amide bonds. The molecule has 150 valence electrons. The Hall–Kier alpha value is -2.86. The van der Waals surface area contributed by atoms with Crippen LogP contribution in [-0.4, -0.2) is 45.7 Å². The number of carbonyl (C=O) groups is 2. The van der Waals surface area contributed by atoms with E-state index in [2.05, 4.69) is 34.5 Å². The quantitative estimate of drug-likeness (QED) is 0.683. The van der Waals surface area contributed by atoms with E-state index in [-0.39, 0.29) is 18.0 Å². The van der Waals surface area contributed by atoms with Crippen molar-refractivity contribution in [1.82, 2.24) is 0 Å². The van der Waals surface area contributed by atoms with Crippen LogP contribution < -0.4 is 15.1 Å². The normalized spacial score (nSPS) is 11.8. The van der Waals surface area contributed by atoms with Crippen molar-refractivity contribution in [3.05, 3.63) is 59.7 Å². The molecule has 0 aliphatic rings. The Morgan fingerprint density at radius 3 is 2.18 bits per heavy atom. The van der Waals surface area contributed by atoms with Crippen LogP contribution in [0.5, 0.6) is 0 Å². The van der Waals surface area contributed by atoms with Gasteiger partial charge in [-0.3, -0.25) is 4.79 Å². The monoisotopic (exact) mass is 384 g/mol. The highest BCUT2D eigenvalue weighted by Gasteiger charge is 2.13. The summed E-state index contributed by atoms with van der Waals surface area (Å²) in [6.07, 6.45) is -0.163. The van der Waals surface area contributed by atoms with Crippen LogP contribution in [0.1, 0.15) is 29.8 Å². The molecule has 0 saturated heterocycles. The number of nitrogens with zero attached hydrogens (tertiary/aromatic N) is 1. The highest BCUT2D eigenvalue weighted by molar-refractivity contribution is 5.93. The van der Waals surface area contributed by atoms with E-state index in [4.69, 9.17) is 4.74 Å². The number of amides is 1. The number of benzene rings is 2. The molecule has 6 heteroatoms. The number of anilines is 2. The fourth-order valence-electron chi connectivity index (χ4n) is 2.77. The number of rotatable bonds is 8. The molecule has 2 N–H and O–H groups in total. The zero-order chi connectivity index (χ0) is 20.7. The molecular weight excluding hydrogens is 354 g/mol. The molecule has 2 rings (SSSR count). The molecule has 0 aliphatic heterocycles. The van der Waals surface area contributed by atoms with Crippen LogP contribution in [-0.2, 0) is 16.1 Å². The van der Waals surface area contributed by atoms with Gasteiger partial charge in [-0.2, -0.15) is 0 Å². The van der Waals surface area contributed by atoms with Crippen molar-refractivity contribution in [3.63, 3.8) is 0 Å². The van der Waals surface area contributed by atoms with Crippen LogP contribution >= 0.6 is 0 Å². The largest absolute Gasteiger partial charge is 0.459 e. The smallest absolute Gasteiger partial charge is 0.338 e. The van der Waals surface area contributed by atoms with Crippen LogP contribution in [0.25, 0.3) is 0 Å². The molecule has 28 heavy (non-hydrogen) atoms. The zero-order valence-corrected chi connectivity index (χ0v) is 17.3. The maximum Gasteiger partial charge on any atom is 0.338 e. The van der Waals surface area contributed by atoms with Crippen LogP contribution in [0, 0.1) is 0 Å². The number of likely N-dealkylation sites (N-methyl/N-ethyl adjacent to an activating group) is 1. The standard InChI is InChI=1S/C22H29N3O3/c1-16(2)28-22(27)18-8-10-19(11-9-18)23-21(26)15-25(5)14-17-6-12-20(13-7-17)24(3)4/h6-13,16H,14-15H2,1-5H3,(H,23,26)/p+1. The van der Waals surface area contributed by atoms with E-state index in [0.29, 0.717) is 17.8 Å². The van der Waals surface area contributed by atoms with E-state index in [1.165, 1.54) is 5.56 Å². The van der Waals surface area contributed by atoms with Gasteiger partial charge in [-0.05, 0) is 50.2 Å². The molecule has 0 radical (unpaired) electrons. The van der Waals surface area contributed by atoms with Gasteiger partial charge in [-0.15, -0.1) is 0 Å². The molecule has 0 fully saturated rings. The minimum Gasteiger partial charge on any atom is -0.459 e. The van der Waals surface area contributed by atoms with E-state index in [1.807, 2.05) is 35.0 Å². The van der Waals surface area contributed by atoms with E-state index >= 15 is 0 Å². The molecule has 0 spiro atoms. The Balaban J connectivity index is 1.84. The van der Waals surface area contributed by atoms with Crippen molar-refractivity contribution < 1.29 is 19.2 Å². The first kappa shape index (κ1) is 21.4. The summed E-state index contributed by atoms with van der Waals surface area (Å²) in [4.78, 5) is 27.3.